The summed E-state index contributed by atoms with van der Waals surface area (Å²) in [6, 6.07) is 28.7. The van der Waals surface area contributed by atoms with Crippen LogP contribution in [0.1, 0.15) is 16.9 Å². The number of hydrogen-bond acceptors (Lipinski definition) is 7. The number of allylic oxidation sites excluding steroid dienone is 1. The van der Waals surface area contributed by atoms with Gasteiger partial charge in [-0.2, -0.15) is 0 Å². The zero-order valence-electron chi connectivity index (χ0n) is 20.7. The number of aryl methyl sites for hydroxylation is 1. The van der Waals surface area contributed by atoms with Gasteiger partial charge in [0.05, 0.1) is 9.75 Å². The third-order valence-electron chi connectivity index (χ3n) is 6.88. The van der Waals surface area contributed by atoms with Gasteiger partial charge >= 0.3 is 0 Å². The maximum atomic E-state index is 5.97. The van der Waals surface area contributed by atoms with Crippen molar-refractivity contribution in [2.24, 2.45) is 0 Å². The molecule has 0 amide bonds. The molecule has 0 unspecified atom stereocenters. The number of oxazole rings is 1. The van der Waals surface area contributed by atoms with Crippen LogP contribution in [0.25, 0.3) is 71.5 Å². The number of hydrogen-bond donors (Lipinski definition) is 0. The molecule has 4 heterocycles. The number of benzene rings is 3. The number of fused-ring (bicyclic) bond motifs is 3. The first-order chi connectivity index (χ1) is 19.3. The molecule has 4 aromatic heterocycles. The molecule has 186 valence electrons. The van der Waals surface area contributed by atoms with Gasteiger partial charge in [0.25, 0.3) is 0 Å². The van der Waals surface area contributed by atoms with Crippen molar-refractivity contribution in [2.75, 3.05) is 0 Å². The number of para-hydroxylation sites is 2. The summed E-state index contributed by atoms with van der Waals surface area (Å²) in [5.41, 5.74) is 4.82. The fourth-order valence-corrected chi connectivity index (χ4v) is 6.97. The zero-order valence-corrected chi connectivity index (χ0v) is 22.3. The molecule has 39 heavy (non-hydrogen) atoms. The van der Waals surface area contributed by atoms with Gasteiger partial charge in [0.15, 0.2) is 23.1 Å². The number of aromatic nitrogens is 4. The third kappa shape index (κ3) is 4.07. The van der Waals surface area contributed by atoms with Crippen LogP contribution in [0.3, 0.4) is 0 Å². The first-order valence-corrected chi connectivity index (χ1v) is 14.4. The van der Waals surface area contributed by atoms with E-state index < -0.39 is 0 Å². The summed E-state index contributed by atoms with van der Waals surface area (Å²) < 4.78 is 7.19. The minimum absolute atomic E-state index is 0.599. The maximum absolute atomic E-state index is 5.97. The van der Waals surface area contributed by atoms with Gasteiger partial charge in [0.2, 0.25) is 5.89 Å². The fraction of sp³-hybridized carbons (Fsp3) is 0.0625. The monoisotopic (exact) mass is 540 g/mol. The second-order valence-corrected chi connectivity index (χ2v) is 11.6. The normalized spacial score (nSPS) is 12.8. The second kappa shape index (κ2) is 9.08. The molecule has 7 aromatic rings. The van der Waals surface area contributed by atoms with Crippen molar-refractivity contribution in [1.29, 1.82) is 0 Å². The van der Waals surface area contributed by atoms with E-state index in [-0.39, 0.29) is 0 Å². The minimum Gasteiger partial charge on any atom is -0.436 e. The average molecular weight is 541 g/mol. The fourth-order valence-electron chi connectivity index (χ4n) is 4.89. The van der Waals surface area contributed by atoms with Crippen LogP contribution in [0.15, 0.2) is 95.4 Å². The van der Waals surface area contributed by atoms with E-state index in [0.717, 1.165) is 44.8 Å². The van der Waals surface area contributed by atoms with E-state index in [2.05, 4.69) is 53.5 Å². The summed E-state index contributed by atoms with van der Waals surface area (Å²) in [7, 11) is 0. The van der Waals surface area contributed by atoms with Crippen molar-refractivity contribution in [3.05, 3.63) is 101 Å². The molecule has 0 saturated heterocycles. The van der Waals surface area contributed by atoms with Gasteiger partial charge < -0.3 is 4.42 Å². The molecule has 0 radical (unpaired) electrons. The molecule has 1 aliphatic carbocycles. The minimum atomic E-state index is 0.599. The molecule has 0 fully saturated rings. The van der Waals surface area contributed by atoms with Crippen LogP contribution < -0.4 is 0 Å². The van der Waals surface area contributed by atoms with Gasteiger partial charge in [-0.05, 0) is 72.3 Å². The van der Waals surface area contributed by atoms with Gasteiger partial charge in [-0.3, -0.25) is 0 Å². The van der Waals surface area contributed by atoms with E-state index >= 15 is 0 Å². The SMILES string of the molecule is C1=Cc2sc(-c3nc(-c4ccc(-c5nc6ccccc6o5)cc4)nc(-c4cc5ccccc5s4)n3)cc2CC1. The Morgan fingerprint density at radius 1 is 0.667 bits per heavy atom. The summed E-state index contributed by atoms with van der Waals surface area (Å²) in [6.07, 6.45) is 6.58. The molecule has 0 bridgehead atoms. The van der Waals surface area contributed by atoms with E-state index in [0.29, 0.717) is 23.4 Å². The van der Waals surface area contributed by atoms with Gasteiger partial charge in [-0.15, -0.1) is 22.7 Å². The lowest BCUT2D eigenvalue weighted by molar-refractivity contribution is 0.620. The highest BCUT2D eigenvalue weighted by Crippen LogP contribution is 2.37. The molecular weight excluding hydrogens is 521 g/mol. The van der Waals surface area contributed by atoms with Crippen LogP contribution in [0, 0.1) is 0 Å². The maximum Gasteiger partial charge on any atom is 0.227 e. The van der Waals surface area contributed by atoms with E-state index in [1.807, 2.05) is 48.5 Å². The lowest BCUT2D eigenvalue weighted by atomic mass is 10.1. The quantitative estimate of drug-likeness (QED) is 0.223. The van der Waals surface area contributed by atoms with Crippen LogP contribution >= 0.6 is 22.7 Å². The Balaban J connectivity index is 1.24. The second-order valence-electron chi connectivity index (χ2n) is 9.46. The van der Waals surface area contributed by atoms with Crippen LogP contribution in [0.2, 0.25) is 0 Å². The Bertz CT molecular complexity index is 1970. The van der Waals surface area contributed by atoms with Crippen LogP contribution in [0.5, 0.6) is 0 Å². The molecule has 0 spiro atoms. The summed E-state index contributed by atoms with van der Waals surface area (Å²) in [5, 5.41) is 1.19. The van der Waals surface area contributed by atoms with Crippen LogP contribution in [-0.2, 0) is 6.42 Å². The Morgan fingerprint density at radius 2 is 1.41 bits per heavy atom. The summed E-state index contributed by atoms with van der Waals surface area (Å²) in [5.74, 6) is 2.66. The number of nitrogens with zero attached hydrogens (tertiary/aromatic N) is 4. The van der Waals surface area contributed by atoms with Gasteiger partial charge in [-0.1, -0.05) is 48.5 Å². The standard InChI is InChI=1S/C32H20N4OS2/c1-5-11-25-21(7-1)17-27(38-25)30-34-29(35-31(36-30)28-18-22-8-2-6-12-26(22)39-28)19-13-15-20(16-14-19)32-33-23-9-3-4-10-24(23)37-32/h1,3-7,9-18H,2,8H2. The Kier molecular flexibility index (Phi) is 5.24. The molecule has 7 heteroatoms. The molecule has 1 aliphatic rings. The predicted octanol–water partition coefficient (Wildman–Crippen LogP) is 8.92. The first kappa shape index (κ1) is 22.5. The van der Waals surface area contributed by atoms with Crippen LogP contribution in [-0.4, -0.2) is 19.9 Å². The summed E-state index contributed by atoms with van der Waals surface area (Å²) in [6.45, 7) is 0. The zero-order chi connectivity index (χ0) is 25.8. The molecule has 0 N–H and O–H groups in total. The van der Waals surface area contributed by atoms with Gasteiger partial charge in [0.1, 0.15) is 5.52 Å². The van der Waals surface area contributed by atoms with Crippen molar-refractivity contribution in [3.63, 3.8) is 0 Å². The van der Waals surface area contributed by atoms with Crippen molar-refractivity contribution in [2.45, 2.75) is 12.8 Å². The first-order valence-electron chi connectivity index (χ1n) is 12.8. The Hall–Kier alpha value is -4.46. The molecule has 8 rings (SSSR count). The highest BCUT2D eigenvalue weighted by molar-refractivity contribution is 7.22. The Morgan fingerprint density at radius 3 is 2.23 bits per heavy atom. The third-order valence-corrected chi connectivity index (χ3v) is 9.13. The van der Waals surface area contributed by atoms with Crippen molar-refractivity contribution >= 4 is 49.9 Å². The molecule has 0 saturated carbocycles. The molecule has 0 atom stereocenters. The molecule has 5 nitrogen and oxygen atoms in total. The van der Waals surface area contributed by atoms with Crippen molar-refractivity contribution in [1.82, 2.24) is 19.9 Å². The number of rotatable bonds is 4. The number of thiophene rings is 2. The lowest BCUT2D eigenvalue weighted by Gasteiger charge is -2.06. The van der Waals surface area contributed by atoms with E-state index in [9.17, 15) is 0 Å². The van der Waals surface area contributed by atoms with Gasteiger partial charge in [-0.25, -0.2) is 19.9 Å². The highest BCUT2D eigenvalue weighted by Gasteiger charge is 2.18. The topological polar surface area (TPSA) is 64.7 Å². The highest BCUT2D eigenvalue weighted by atomic mass is 32.1. The van der Waals surface area contributed by atoms with Crippen LogP contribution in [0.4, 0.5) is 0 Å². The van der Waals surface area contributed by atoms with Crippen molar-refractivity contribution in [3.8, 4) is 44.2 Å². The van der Waals surface area contributed by atoms with Gasteiger partial charge in [0, 0.05) is 20.7 Å². The molecular formula is C32H20N4OS2. The largest absolute Gasteiger partial charge is 0.436 e. The van der Waals surface area contributed by atoms with E-state index in [1.54, 1.807) is 22.7 Å². The smallest absolute Gasteiger partial charge is 0.227 e. The van der Waals surface area contributed by atoms with Crippen molar-refractivity contribution < 1.29 is 4.42 Å². The van der Waals surface area contributed by atoms with E-state index in [4.69, 9.17) is 19.4 Å². The Labute approximate surface area is 232 Å². The average Bonchev–Trinajstić information content (AvgIpc) is 3.73. The van der Waals surface area contributed by atoms with E-state index in [1.165, 1.54) is 20.5 Å². The molecule has 0 aliphatic heterocycles. The molecule has 3 aromatic carbocycles. The lowest BCUT2D eigenvalue weighted by Crippen LogP contribution is -1.98. The summed E-state index contributed by atoms with van der Waals surface area (Å²) in [4.78, 5) is 22.9. The predicted molar refractivity (Wildman–Crippen MR) is 160 cm³/mol. The summed E-state index contributed by atoms with van der Waals surface area (Å²) >= 11 is 3.45.